The Hall–Kier alpha value is -0.650. The van der Waals surface area contributed by atoms with Crippen LogP contribution in [0.25, 0.3) is 0 Å². The highest BCUT2D eigenvalue weighted by Crippen LogP contribution is 1.99. The van der Waals surface area contributed by atoms with Gasteiger partial charge in [-0.05, 0) is 32.5 Å². The Bertz CT molecular complexity index is 141. The highest BCUT2D eigenvalue weighted by Gasteiger charge is 2.14. The second kappa shape index (κ2) is 7.97. The van der Waals surface area contributed by atoms with Crippen LogP contribution in [0, 0.1) is 5.92 Å². The van der Waals surface area contributed by atoms with Crippen LogP contribution in [-0.2, 0) is 4.79 Å². The second-order valence-corrected chi connectivity index (χ2v) is 2.96. The highest BCUT2D eigenvalue weighted by atomic mass is 16.4. The van der Waals surface area contributed by atoms with E-state index in [0.717, 1.165) is 13.0 Å². The van der Waals surface area contributed by atoms with E-state index in [-0.39, 0.29) is 5.92 Å². The molecule has 0 aromatic carbocycles. The Morgan fingerprint density at radius 1 is 1.38 bits per heavy atom. The number of rotatable bonds is 8. The van der Waals surface area contributed by atoms with Crippen molar-refractivity contribution in [3.8, 4) is 0 Å². The summed E-state index contributed by atoms with van der Waals surface area (Å²) in [4.78, 5) is 10.6. The van der Waals surface area contributed by atoms with Crippen molar-refractivity contribution in [3.63, 3.8) is 0 Å². The van der Waals surface area contributed by atoms with E-state index in [0.29, 0.717) is 26.1 Å². The van der Waals surface area contributed by atoms with Crippen LogP contribution in [0.15, 0.2) is 0 Å². The van der Waals surface area contributed by atoms with Gasteiger partial charge in [0.15, 0.2) is 0 Å². The molecule has 0 radical (unpaired) electrons. The van der Waals surface area contributed by atoms with Gasteiger partial charge >= 0.3 is 5.97 Å². The van der Waals surface area contributed by atoms with E-state index in [1.165, 1.54) is 0 Å². The van der Waals surface area contributed by atoms with Crippen LogP contribution in [0.4, 0.5) is 0 Å². The normalized spacial score (nSPS) is 12.8. The first-order valence-corrected chi connectivity index (χ1v) is 4.56. The lowest BCUT2D eigenvalue weighted by Gasteiger charge is -2.11. The average Bonchev–Trinajstić information content (AvgIpc) is 2.10. The largest absolute Gasteiger partial charge is 0.481 e. The molecule has 0 saturated carbocycles. The predicted octanol–water partition coefficient (Wildman–Crippen LogP) is -1.03. The van der Waals surface area contributed by atoms with Gasteiger partial charge in [0, 0.05) is 6.54 Å². The molecule has 0 aliphatic carbocycles. The number of carbonyl (C=O) groups is 1. The van der Waals surface area contributed by atoms with Crippen LogP contribution in [-0.4, -0.2) is 37.3 Å². The molecule has 0 fully saturated rings. The Kier molecular flexibility index (Phi) is 7.57. The van der Waals surface area contributed by atoms with E-state index >= 15 is 0 Å². The van der Waals surface area contributed by atoms with Crippen molar-refractivity contribution in [1.82, 2.24) is 5.32 Å². The maximum Gasteiger partial charge on any atom is 0.307 e. The third kappa shape index (κ3) is 6.51. The summed E-state index contributed by atoms with van der Waals surface area (Å²) in [6.07, 6.45) is 1.39. The maximum atomic E-state index is 10.6. The third-order valence-corrected chi connectivity index (χ3v) is 1.81. The van der Waals surface area contributed by atoms with Crippen LogP contribution in [0.2, 0.25) is 0 Å². The van der Waals surface area contributed by atoms with Crippen molar-refractivity contribution in [2.75, 3.05) is 26.2 Å². The van der Waals surface area contributed by atoms with Crippen LogP contribution < -0.4 is 16.8 Å². The summed E-state index contributed by atoms with van der Waals surface area (Å²) in [6.45, 7) is 2.29. The van der Waals surface area contributed by atoms with E-state index in [1.807, 2.05) is 0 Å². The lowest BCUT2D eigenvalue weighted by atomic mass is 10.1. The molecule has 0 aromatic rings. The Morgan fingerprint density at radius 2 is 2.08 bits per heavy atom. The maximum absolute atomic E-state index is 10.6. The number of carboxylic acids is 1. The minimum Gasteiger partial charge on any atom is -0.481 e. The third-order valence-electron chi connectivity index (χ3n) is 1.81. The van der Waals surface area contributed by atoms with Crippen molar-refractivity contribution in [2.24, 2.45) is 17.4 Å². The van der Waals surface area contributed by atoms with Crippen LogP contribution in [0.5, 0.6) is 0 Å². The monoisotopic (exact) mass is 189 g/mol. The van der Waals surface area contributed by atoms with Gasteiger partial charge in [0.1, 0.15) is 0 Å². The molecule has 0 bridgehead atoms. The summed E-state index contributed by atoms with van der Waals surface area (Å²) in [7, 11) is 0. The smallest absolute Gasteiger partial charge is 0.307 e. The number of hydrogen-bond acceptors (Lipinski definition) is 4. The predicted molar refractivity (Wildman–Crippen MR) is 51.3 cm³/mol. The van der Waals surface area contributed by atoms with Gasteiger partial charge in [-0.2, -0.15) is 0 Å². The molecule has 13 heavy (non-hydrogen) atoms. The minimum absolute atomic E-state index is 0.372. The first-order chi connectivity index (χ1) is 6.22. The summed E-state index contributed by atoms with van der Waals surface area (Å²) in [5.41, 5.74) is 10.6. The SMILES string of the molecule is NCCCNCC(CCN)C(=O)O. The van der Waals surface area contributed by atoms with E-state index in [4.69, 9.17) is 16.6 Å². The first-order valence-electron chi connectivity index (χ1n) is 4.56. The molecule has 6 N–H and O–H groups in total. The van der Waals surface area contributed by atoms with Gasteiger partial charge in [-0.15, -0.1) is 0 Å². The van der Waals surface area contributed by atoms with Crippen molar-refractivity contribution in [2.45, 2.75) is 12.8 Å². The van der Waals surface area contributed by atoms with E-state index in [9.17, 15) is 4.79 Å². The fourth-order valence-corrected chi connectivity index (χ4v) is 1.02. The van der Waals surface area contributed by atoms with Gasteiger partial charge in [0.05, 0.1) is 5.92 Å². The molecular weight excluding hydrogens is 170 g/mol. The molecule has 5 heteroatoms. The summed E-state index contributed by atoms with van der Waals surface area (Å²) in [5, 5.41) is 11.8. The summed E-state index contributed by atoms with van der Waals surface area (Å²) < 4.78 is 0. The summed E-state index contributed by atoms with van der Waals surface area (Å²) in [6, 6.07) is 0. The molecule has 0 aliphatic heterocycles. The lowest BCUT2D eigenvalue weighted by molar-refractivity contribution is -0.141. The molecule has 0 heterocycles. The number of aliphatic carboxylic acids is 1. The summed E-state index contributed by atoms with van der Waals surface area (Å²) in [5.74, 6) is -1.16. The van der Waals surface area contributed by atoms with Crippen LogP contribution in [0.1, 0.15) is 12.8 Å². The molecule has 1 unspecified atom stereocenters. The molecule has 0 aliphatic rings. The van der Waals surface area contributed by atoms with Gasteiger partial charge in [-0.25, -0.2) is 0 Å². The van der Waals surface area contributed by atoms with Crippen LogP contribution in [0.3, 0.4) is 0 Å². The van der Waals surface area contributed by atoms with Crippen molar-refractivity contribution < 1.29 is 9.90 Å². The first kappa shape index (κ1) is 12.3. The molecule has 1 atom stereocenters. The Balaban J connectivity index is 3.51. The average molecular weight is 189 g/mol. The molecular formula is C8H19N3O2. The fraction of sp³-hybridized carbons (Fsp3) is 0.875. The molecule has 0 rings (SSSR count). The standard InChI is InChI=1S/C8H19N3O2/c9-3-1-5-11-6-7(2-4-10)8(12)13/h7,11H,1-6,9-10H2,(H,12,13). The van der Waals surface area contributed by atoms with Gasteiger partial charge in [0.25, 0.3) is 0 Å². The quantitative estimate of drug-likeness (QED) is 0.366. The zero-order valence-electron chi connectivity index (χ0n) is 7.83. The van der Waals surface area contributed by atoms with Crippen molar-refractivity contribution in [3.05, 3.63) is 0 Å². The number of nitrogens with one attached hydrogen (secondary N) is 1. The molecule has 0 amide bonds. The van der Waals surface area contributed by atoms with E-state index < -0.39 is 5.97 Å². The lowest BCUT2D eigenvalue weighted by Crippen LogP contribution is -2.31. The van der Waals surface area contributed by atoms with E-state index in [1.54, 1.807) is 0 Å². The van der Waals surface area contributed by atoms with Gasteiger partial charge in [0.2, 0.25) is 0 Å². The van der Waals surface area contributed by atoms with Gasteiger partial charge in [-0.1, -0.05) is 0 Å². The van der Waals surface area contributed by atoms with Crippen molar-refractivity contribution >= 4 is 5.97 Å². The molecule has 78 valence electrons. The van der Waals surface area contributed by atoms with Crippen molar-refractivity contribution in [1.29, 1.82) is 0 Å². The Morgan fingerprint density at radius 3 is 2.54 bits per heavy atom. The second-order valence-electron chi connectivity index (χ2n) is 2.96. The number of nitrogens with two attached hydrogens (primary N) is 2. The zero-order chi connectivity index (χ0) is 10.1. The molecule has 0 saturated heterocycles. The molecule has 5 nitrogen and oxygen atoms in total. The van der Waals surface area contributed by atoms with Gasteiger partial charge in [-0.3, -0.25) is 4.79 Å². The Labute approximate surface area is 78.5 Å². The molecule has 0 spiro atoms. The molecule has 0 aromatic heterocycles. The summed E-state index contributed by atoms with van der Waals surface area (Å²) >= 11 is 0. The zero-order valence-corrected chi connectivity index (χ0v) is 7.83. The number of hydrogen-bond donors (Lipinski definition) is 4. The van der Waals surface area contributed by atoms with Crippen LogP contribution >= 0.6 is 0 Å². The number of carboxylic acid groups (broad SMARTS) is 1. The van der Waals surface area contributed by atoms with Gasteiger partial charge < -0.3 is 21.9 Å². The minimum atomic E-state index is -0.786. The highest BCUT2D eigenvalue weighted by molar-refractivity contribution is 5.70. The topological polar surface area (TPSA) is 101 Å². The van der Waals surface area contributed by atoms with E-state index in [2.05, 4.69) is 5.32 Å². The fourth-order valence-electron chi connectivity index (χ4n) is 1.02.